The molecule has 0 radical (unpaired) electrons. The van der Waals surface area contributed by atoms with E-state index in [0.29, 0.717) is 6.10 Å². The lowest BCUT2D eigenvalue weighted by Crippen LogP contribution is -2.40. The first-order chi connectivity index (χ1) is 7.31. The summed E-state index contributed by atoms with van der Waals surface area (Å²) in [6, 6.07) is 0.772. The highest BCUT2D eigenvalue weighted by atomic mass is 16.5. The highest BCUT2D eigenvalue weighted by molar-refractivity contribution is 4.99. The molecule has 0 N–H and O–H groups in total. The highest BCUT2D eigenvalue weighted by Gasteiger charge is 2.47. The molecule has 0 spiro atoms. The van der Waals surface area contributed by atoms with E-state index in [1.54, 1.807) is 0 Å². The molecule has 2 saturated heterocycles. The normalized spacial score (nSPS) is 36.2. The van der Waals surface area contributed by atoms with E-state index >= 15 is 0 Å². The van der Waals surface area contributed by atoms with Crippen LogP contribution in [0, 0.1) is 5.41 Å². The van der Waals surface area contributed by atoms with Crippen LogP contribution in [0.2, 0.25) is 0 Å². The van der Waals surface area contributed by atoms with Crippen molar-refractivity contribution in [2.45, 2.75) is 58.6 Å². The van der Waals surface area contributed by atoms with Crippen LogP contribution in [0.4, 0.5) is 0 Å². The van der Waals surface area contributed by atoms with Crippen LogP contribution < -0.4 is 0 Å². The minimum atomic E-state index is 0.581. The molecule has 2 heteroatoms. The average Bonchev–Trinajstić information content (AvgIpc) is 2.75. The van der Waals surface area contributed by atoms with E-state index in [-0.39, 0.29) is 0 Å². The lowest BCUT2D eigenvalue weighted by Gasteiger charge is -2.30. The molecule has 1 saturated carbocycles. The largest absolute Gasteiger partial charge is 0.375 e. The number of fused-ring (bicyclic) bond motifs is 2. The molecule has 0 aromatic rings. The van der Waals surface area contributed by atoms with Gasteiger partial charge in [-0.05, 0) is 31.1 Å². The zero-order valence-electron chi connectivity index (χ0n) is 10.5. The number of nitrogens with zero attached hydrogens (tertiary/aromatic N) is 1. The molecular formula is C13H25NO. The summed E-state index contributed by atoms with van der Waals surface area (Å²) in [6.45, 7) is 9.92. The second-order valence-electron chi connectivity index (χ2n) is 5.13. The quantitative estimate of drug-likeness (QED) is 0.711. The van der Waals surface area contributed by atoms with Crippen LogP contribution >= 0.6 is 0 Å². The third-order valence-electron chi connectivity index (χ3n) is 4.26. The Bertz CT molecular complexity index is 213. The van der Waals surface area contributed by atoms with Crippen LogP contribution in [0.15, 0.2) is 0 Å². The number of hydrogen-bond acceptors (Lipinski definition) is 2. The summed E-state index contributed by atoms with van der Waals surface area (Å²) in [7, 11) is 0. The Morgan fingerprint density at radius 3 is 2.47 bits per heavy atom. The number of ether oxygens (including phenoxy) is 1. The fraction of sp³-hybridized carbons (Fsp3) is 1.00. The van der Waals surface area contributed by atoms with E-state index in [1.165, 1.54) is 38.8 Å². The van der Waals surface area contributed by atoms with Crippen LogP contribution in [-0.2, 0) is 4.74 Å². The van der Waals surface area contributed by atoms with Gasteiger partial charge in [-0.25, -0.2) is 0 Å². The van der Waals surface area contributed by atoms with Gasteiger partial charge in [0.1, 0.15) is 0 Å². The summed E-state index contributed by atoms with van der Waals surface area (Å²) >= 11 is 0. The number of hydrogen-bond donors (Lipinski definition) is 0. The molecule has 0 aromatic heterocycles. The van der Waals surface area contributed by atoms with Crippen molar-refractivity contribution >= 4 is 0 Å². The second-order valence-corrected chi connectivity index (χ2v) is 5.13. The van der Waals surface area contributed by atoms with Crippen LogP contribution in [-0.4, -0.2) is 36.7 Å². The summed E-state index contributed by atoms with van der Waals surface area (Å²) < 4.78 is 5.61. The van der Waals surface area contributed by atoms with Gasteiger partial charge in [0.15, 0.2) is 0 Å². The van der Waals surface area contributed by atoms with Crippen LogP contribution in [0.3, 0.4) is 0 Å². The third-order valence-corrected chi connectivity index (χ3v) is 4.26. The Labute approximate surface area is 94.0 Å². The molecule has 2 atom stereocenters. The molecule has 2 nitrogen and oxygen atoms in total. The minimum absolute atomic E-state index is 0.581. The number of rotatable bonds is 3. The SMILES string of the molecule is CC.CCC1(CN2C[C@H]3C[C@@H]2CO3)CC1. The lowest BCUT2D eigenvalue weighted by atomic mass is 10.0. The van der Waals surface area contributed by atoms with Gasteiger partial charge in [0.25, 0.3) is 0 Å². The molecule has 0 aromatic carbocycles. The fourth-order valence-corrected chi connectivity index (χ4v) is 2.90. The van der Waals surface area contributed by atoms with Crippen molar-refractivity contribution < 1.29 is 4.74 Å². The molecule has 3 fully saturated rings. The van der Waals surface area contributed by atoms with Gasteiger partial charge >= 0.3 is 0 Å². The Kier molecular flexibility index (Phi) is 3.36. The van der Waals surface area contributed by atoms with Crippen LogP contribution in [0.5, 0.6) is 0 Å². The molecule has 88 valence electrons. The van der Waals surface area contributed by atoms with E-state index in [9.17, 15) is 0 Å². The van der Waals surface area contributed by atoms with Gasteiger partial charge in [-0.1, -0.05) is 20.8 Å². The zero-order valence-corrected chi connectivity index (χ0v) is 10.5. The van der Waals surface area contributed by atoms with E-state index in [0.717, 1.165) is 18.1 Å². The summed E-state index contributed by atoms with van der Waals surface area (Å²) in [5.41, 5.74) is 0.727. The fourth-order valence-electron chi connectivity index (χ4n) is 2.90. The van der Waals surface area contributed by atoms with E-state index in [1.807, 2.05) is 13.8 Å². The predicted molar refractivity (Wildman–Crippen MR) is 63.0 cm³/mol. The van der Waals surface area contributed by atoms with Crippen LogP contribution in [0.1, 0.15) is 46.5 Å². The maximum Gasteiger partial charge on any atom is 0.0718 e. The maximum atomic E-state index is 5.61. The summed E-state index contributed by atoms with van der Waals surface area (Å²) in [5, 5.41) is 0. The molecule has 0 unspecified atom stereocenters. The Morgan fingerprint density at radius 2 is 2.07 bits per heavy atom. The Morgan fingerprint density at radius 1 is 1.33 bits per heavy atom. The molecule has 3 aliphatic rings. The molecule has 2 aliphatic heterocycles. The van der Waals surface area contributed by atoms with Crippen molar-refractivity contribution in [1.82, 2.24) is 4.90 Å². The first kappa shape index (κ1) is 11.4. The van der Waals surface area contributed by atoms with Crippen molar-refractivity contribution in [3.63, 3.8) is 0 Å². The van der Waals surface area contributed by atoms with E-state index < -0.39 is 0 Å². The molecule has 2 heterocycles. The monoisotopic (exact) mass is 211 g/mol. The number of morpholine rings is 1. The highest BCUT2D eigenvalue weighted by Crippen LogP contribution is 2.50. The smallest absolute Gasteiger partial charge is 0.0718 e. The standard InChI is InChI=1S/C11H19NO.C2H6/c1-2-11(3-4-11)8-12-6-10-5-9(12)7-13-10;1-2/h9-10H,2-8H2,1H3;1-2H3/t9-,10-;/m1./s1. The molecular weight excluding hydrogens is 186 g/mol. The van der Waals surface area contributed by atoms with Crippen molar-refractivity contribution in [2.75, 3.05) is 19.7 Å². The molecule has 3 rings (SSSR count). The summed E-state index contributed by atoms with van der Waals surface area (Å²) in [5.74, 6) is 0. The van der Waals surface area contributed by atoms with E-state index in [2.05, 4.69) is 11.8 Å². The van der Waals surface area contributed by atoms with Crippen molar-refractivity contribution in [3.05, 3.63) is 0 Å². The summed E-state index contributed by atoms with van der Waals surface area (Å²) in [6.07, 6.45) is 6.20. The van der Waals surface area contributed by atoms with Gasteiger partial charge in [0.05, 0.1) is 12.7 Å². The third kappa shape index (κ3) is 2.21. The average molecular weight is 211 g/mol. The Hall–Kier alpha value is -0.0800. The van der Waals surface area contributed by atoms with Gasteiger partial charge in [-0.3, -0.25) is 4.90 Å². The summed E-state index contributed by atoms with van der Waals surface area (Å²) in [4.78, 5) is 2.69. The van der Waals surface area contributed by atoms with Crippen LogP contribution in [0.25, 0.3) is 0 Å². The van der Waals surface area contributed by atoms with Crippen molar-refractivity contribution in [2.24, 2.45) is 5.41 Å². The first-order valence-electron chi connectivity index (χ1n) is 6.67. The second kappa shape index (κ2) is 4.42. The minimum Gasteiger partial charge on any atom is -0.375 e. The topological polar surface area (TPSA) is 12.5 Å². The molecule has 0 amide bonds. The zero-order chi connectivity index (χ0) is 10.9. The van der Waals surface area contributed by atoms with Gasteiger partial charge in [0, 0.05) is 19.1 Å². The van der Waals surface area contributed by atoms with Gasteiger partial charge < -0.3 is 4.74 Å². The predicted octanol–water partition coefficient (Wildman–Crippen LogP) is 2.68. The molecule has 15 heavy (non-hydrogen) atoms. The van der Waals surface area contributed by atoms with Crippen molar-refractivity contribution in [3.8, 4) is 0 Å². The Balaban J connectivity index is 0.000000404. The van der Waals surface area contributed by atoms with Gasteiger partial charge in [0.2, 0.25) is 0 Å². The van der Waals surface area contributed by atoms with E-state index in [4.69, 9.17) is 4.74 Å². The van der Waals surface area contributed by atoms with Gasteiger partial charge in [-0.15, -0.1) is 0 Å². The number of likely N-dealkylation sites (tertiary alicyclic amines) is 1. The van der Waals surface area contributed by atoms with Crippen molar-refractivity contribution in [1.29, 1.82) is 0 Å². The lowest BCUT2D eigenvalue weighted by molar-refractivity contribution is 0.0219. The molecule has 2 bridgehead atoms. The maximum absolute atomic E-state index is 5.61. The van der Waals surface area contributed by atoms with Gasteiger partial charge in [-0.2, -0.15) is 0 Å². The molecule has 1 aliphatic carbocycles. The first-order valence-corrected chi connectivity index (χ1v) is 6.67.